The molecule has 0 aliphatic carbocycles. The van der Waals surface area contributed by atoms with E-state index in [1.807, 2.05) is 32.0 Å². The molecule has 2 rings (SSSR count). The van der Waals surface area contributed by atoms with Gasteiger partial charge in [-0.15, -0.1) is 0 Å². The number of carbonyl (C=O) groups excluding carboxylic acids is 2. The highest BCUT2D eigenvalue weighted by atomic mass is 16.5. The highest BCUT2D eigenvalue weighted by molar-refractivity contribution is 6.39. The van der Waals surface area contributed by atoms with Crippen molar-refractivity contribution in [2.45, 2.75) is 26.8 Å². The summed E-state index contributed by atoms with van der Waals surface area (Å²) < 4.78 is 10.5. The number of aryl methyl sites for hydroxylation is 1. The molecule has 2 aromatic rings. The second kappa shape index (κ2) is 8.38. The lowest BCUT2D eigenvalue weighted by Gasteiger charge is -2.17. The van der Waals surface area contributed by atoms with Gasteiger partial charge >= 0.3 is 11.8 Å². The van der Waals surface area contributed by atoms with Crippen molar-refractivity contribution in [1.29, 1.82) is 0 Å². The van der Waals surface area contributed by atoms with E-state index in [9.17, 15) is 9.59 Å². The fourth-order valence-corrected chi connectivity index (χ4v) is 2.53. The third-order valence-corrected chi connectivity index (χ3v) is 4.31. The Morgan fingerprint density at radius 2 is 1.65 bits per heavy atom. The number of nitrogens with one attached hydrogen (secondary N) is 2. The fraction of sp³-hybridized carbons (Fsp3) is 0.300. The molecule has 6 heteroatoms. The van der Waals surface area contributed by atoms with Crippen molar-refractivity contribution >= 4 is 17.5 Å². The number of carbonyl (C=O) groups is 2. The van der Waals surface area contributed by atoms with Crippen LogP contribution >= 0.6 is 0 Å². The average Bonchev–Trinajstić information content (AvgIpc) is 2.64. The molecule has 2 N–H and O–H groups in total. The van der Waals surface area contributed by atoms with Gasteiger partial charge in [0.25, 0.3) is 0 Å². The van der Waals surface area contributed by atoms with Gasteiger partial charge in [0, 0.05) is 5.69 Å². The number of anilines is 1. The molecule has 0 radical (unpaired) electrons. The van der Waals surface area contributed by atoms with Crippen LogP contribution in [0, 0.1) is 13.8 Å². The van der Waals surface area contributed by atoms with Gasteiger partial charge in [-0.1, -0.05) is 18.2 Å². The minimum atomic E-state index is -0.703. The van der Waals surface area contributed by atoms with Crippen LogP contribution in [0.25, 0.3) is 0 Å². The largest absolute Gasteiger partial charge is 0.493 e. The lowest BCUT2D eigenvalue weighted by Crippen LogP contribution is -2.37. The molecule has 0 aliphatic rings. The Morgan fingerprint density at radius 1 is 0.962 bits per heavy atom. The van der Waals surface area contributed by atoms with Crippen molar-refractivity contribution in [2.24, 2.45) is 0 Å². The number of amides is 2. The Balaban J connectivity index is 2.06. The molecule has 6 nitrogen and oxygen atoms in total. The lowest BCUT2D eigenvalue weighted by atomic mass is 10.1. The maximum Gasteiger partial charge on any atom is 0.313 e. The Kier molecular flexibility index (Phi) is 6.22. The summed E-state index contributed by atoms with van der Waals surface area (Å²) in [6.45, 7) is 5.64. The average molecular weight is 356 g/mol. The number of methoxy groups -OCH3 is 2. The van der Waals surface area contributed by atoms with Crippen molar-refractivity contribution in [1.82, 2.24) is 5.32 Å². The van der Waals surface area contributed by atoms with Gasteiger partial charge in [0.2, 0.25) is 0 Å². The standard InChI is InChI=1S/C20H24N2O4/c1-12-7-6-8-16(13(12)2)22-20(24)19(23)21-14(3)15-9-10-17(25-4)18(11-15)26-5/h6-11,14H,1-5H3,(H,21,23)(H,22,24). The van der Waals surface area contributed by atoms with E-state index >= 15 is 0 Å². The van der Waals surface area contributed by atoms with Gasteiger partial charge in [0.05, 0.1) is 20.3 Å². The maximum absolute atomic E-state index is 12.2. The molecule has 0 saturated carbocycles. The molecule has 0 heterocycles. The van der Waals surface area contributed by atoms with Crippen molar-refractivity contribution in [3.8, 4) is 11.5 Å². The molecule has 0 spiro atoms. The van der Waals surface area contributed by atoms with E-state index in [-0.39, 0.29) is 6.04 Å². The minimum absolute atomic E-state index is 0.369. The molecule has 1 unspecified atom stereocenters. The van der Waals surface area contributed by atoms with E-state index < -0.39 is 11.8 Å². The Hall–Kier alpha value is -3.02. The molecule has 2 amide bonds. The second-order valence-corrected chi connectivity index (χ2v) is 6.01. The van der Waals surface area contributed by atoms with Crippen LogP contribution in [-0.4, -0.2) is 26.0 Å². The Labute approximate surface area is 153 Å². The number of ether oxygens (including phenoxy) is 2. The van der Waals surface area contributed by atoms with E-state index in [2.05, 4.69) is 10.6 Å². The van der Waals surface area contributed by atoms with Crippen LogP contribution in [0.3, 0.4) is 0 Å². The topological polar surface area (TPSA) is 76.7 Å². The van der Waals surface area contributed by atoms with Gasteiger partial charge in [-0.25, -0.2) is 0 Å². The molecule has 0 bridgehead atoms. The maximum atomic E-state index is 12.2. The van der Waals surface area contributed by atoms with Crippen LogP contribution in [0.5, 0.6) is 11.5 Å². The molecule has 1 atom stereocenters. The van der Waals surface area contributed by atoms with Crippen molar-refractivity contribution in [2.75, 3.05) is 19.5 Å². The van der Waals surface area contributed by atoms with E-state index in [1.54, 1.807) is 39.3 Å². The van der Waals surface area contributed by atoms with Crippen molar-refractivity contribution in [3.05, 3.63) is 53.1 Å². The zero-order chi connectivity index (χ0) is 19.3. The predicted molar refractivity (Wildman–Crippen MR) is 101 cm³/mol. The van der Waals surface area contributed by atoms with Gasteiger partial charge in [0.1, 0.15) is 0 Å². The summed E-state index contributed by atoms with van der Waals surface area (Å²) in [6.07, 6.45) is 0. The number of benzene rings is 2. The van der Waals surface area contributed by atoms with Gasteiger partial charge in [0.15, 0.2) is 11.5 Å². The van der Waals surface area contributed by atoms with Gasteiger partial charge < -0.3 is 20.1 Å². The summed E-state index contributed by atoms with van der Waals surface area (Å²) >= 11 is 0. The SMILES string of the molecule is COc1ccc(C(C)NC(=O)C(=O)Nc2cccc(C)c2C)cc1OC. The molecule has 0 fully saturated rings. The van der Waals surface area contributed by atoms with Crippen LogP contribution in [0.4, 0.5) is 5.69 Å². The zero-order valence-corrected chi connectivity index (χ0v) is 15.7. The predicted octanol–water partition coefficient (Wildman–Crippen LogP) is 3.14. The molecule has 0 aromatic heterocycles. The quantitative estimate of drug-likeness (QED) is 0.807. The summed E-state index contributed by atoms with van der Waals surface area (Å²) in [5, 5.41) is 5.34. The fourth-order valence-electron chi connectivity index (χ4n) is 2.53. The van der Waals surface area contributed by atoms with E-state index in [0.29, 0.717) is 17.2 Å². The summed E-state index contributed by atoms with van der Waals surface area (Å²) in [5.74, 6) is -0.243. The molecule has 0 saturated heterocycles. The first kappa shape index (κ1) is 19.3. The first-order valence-electron chi connectivity index (χ1n) is 8.27. The van der Waals surface area contributed by atoms with Crippen LogP contribution in [0.15, 0.2) is 36.4 Å². The van der Waals surface area contributed by atoms with E-state index in [0.717, 1.165) is 16.7 Å². The van der Waals surface area contributed by atoms with Crippen molar-refractivity contribution in [3.63, 3.8) is 0 Å². The minimum Gasteiger partial charge on any atom is -0.493 e. The first-order chi connectivity index (χ1) is 12.4. The summed E-state index contributed by atoms with van der Waals surface area (Å²) in [7, 11) is 3.10. The van der Waals surface area contributed by atoms with Crippen LogP contribution in [0.2, 0.25) is 0 Å². The summed E-state index contributed by atoms with van der Waals surface area (Å²) in [4.78, 5) is 24.4. The van der Waals surface area contributed by atoms with Gasteiger partial charge in [-0.2, -0.15) is 0 Å². The van der Waals surface area contributed by atoms with E-state index in [4.69, 9.17) is 9.47 Å². The van der Waals surface area contributed by atoms with Gasteiger partial charge in [-0.05, 0) is 55.7 Å². The molecule has 0 aliphatic heterocycles. The molecular formula is C20H24N2O4. The highest BCUT2D eigenvalue weighted by Gasteiger charge is 2.19. The smallest absolute Gasteiger partial charge is 0.313 e. The molecule has 26 heavy (non-hydrogen) atoms. The van der Waals surface area contributed by atoms with Gasteiger partial charge in [-0.3, -0.25) is 9.59 Å². The van der Waals surface area contributed by atoms with Crippen LogP contribution in [-0.2, 0) is 9.59 Å². The van der Waals surface area contributed by atoms with Crippen LogP contribution < -0.4 is 20.1 Å². The number of hydrogen-bond acceptors (Lipinski definition) is 4. The van der Waals surface area contributed by atoms with E-state index in [1.165, 1.54) is 0 Å². The second-order valence-electron chi connectivity index (χ2n) is 6.01. The Morgan fingerprint density at radius 3 is 2.31 bits per heavy atom. The third kappa shape index (κ3) is 4.33. The molecular weight excluding hydrogens is 332 g/mol. The third-order valence-electron chi connectivity index (χ3n) is 4.31. The normalized spacial score (nSPS) is 11.4. The number of rotatable bonds is 5. The molecule has 138 valence electrons. The highest BCUT2D eigenvalue weighted by Crippen LogP contribution is 2.29. The summed E-state index contributed by atoms with van der Waals surface area (Å²) in [6, 6.07) is 10.5. The summed E-state index contributed by atoms with van der Waals surface area (Å²) in [5.41, 5.74) is 3.41. The molecule has 2 aromatic carbocycles. The monoisotopic (exact) mass is 356 g/mol. The first-order valence-corrected chi connectivity index (χ1v) is 8.27. The Bertz CT molecular complexity index is 817. The lowest BCUT2D eigenvalue weighted by molar-refractivity contribution is -0.136. The van der Waals surface area contributed by atoms with Crippen LogP contribution in [0.1, 0.15) is 29.7 Å². The van der Waals surface area contributed by atoms with Crippen molar-refractivity contribution < 1.29 is 19.1 Å². The number of hydrogen-bond donors (Lipinski definition) is 2. The zero-order valence-electron chi connectivity index (χ0n) is 15.7.